The van der Waals surface area contributed by atoms with E-state index in [0.29, 0.717) is 38.5 Å². The van der Waals surface area contributed by atoms with Crippen LogP contribution in [0.25, 0.3) is 28.0 Å². The van der Waals surface area contributed by atoms with Gasteiger partial charge in [0.2, 0.25) is 0 Å². The molecule has 0 atom stereocenters. The molecule has 0 fully saturated rings. The average molecular weight is 504 g/mol. The molecule has 0 bridgehead atoms. The highest BCUT2D eigenvalue weighted by molar-refractivity contribution is 7.99. The minimum absolute atomic E-state index is 0.0613. The van der Waals surface area contributed by atoms with Gasteiger partial charge in [-0.05, 0) is 56.7 Å². The van der Waals surface area contributed by atoms with Crippen molar-refractivity contribution < 1.29 is 9.59 Å². The number of fused-ring (bicyclic) bond motifs is 1. The summed E-state index contributed by atoms with van der Waals surface area (Å²) >= 11 is 7.43. The van der Waals surface area contributed by atoms with E-state index in [-0.39, 0.29) is 17.3 Å². The number of carbonyl (C=O) groups is 2. The van der Waals surface area contributed by atoms with E-state index in [0.717, 1.165) is 22.2 Å². The molecule has 2 aromatic carbocycles. The van der Waals surface area contributed by atoms with Crippen LogP contribution in [0.15, 0.2) is 59.9 Å². The maximum atomic E-state index is 13.1. The monoisotopic (exact) mass is 503 g/mol. The standard InChI is InChI=1S/C26H22ClN5O2S/c1-14-23(16(3)33)15(2)29-24(14)22(34)13-35-26-31-30-25(32(26)18-10-8-17(27)9-11-18)20-12-28-21-7-5-4-6-19(20)21/h4-12,28-29H,13H2,1-3H3. The second-order valence-corrected chi connectivity index (χ2v) is 9.64. The SMILES string of the molecule is CC(=O)c1c(C)[nH]c(C(=O)CSc2nnc(-c3c[nH]c4ccccc34)n2-c2ccc(Cl)cc2)c1C. The number of thioether (sulfide) groups is 1. The van der Waals surface area contributed by atoms with E-state index in [1.165, 1.54) is 18.7 Å². The van der Waals surface area contributed by atoms with Crippen molar-refractivity contribution in [3.05, 3.63) is 82.3 Å². The first-order chi connectivity index (χ1) is 16.8. The van der Waals surface area contributed by atoms with Crippen LogP contribution in [0.4, 0.5) is 0 Å². The van der Waals surface area contributed by atoms with Crippen LogP contribution in [0.3, 0.4) is 0 Å². The van der Waals surface area contributed by atoms with Gasteiger partial charge in [-0.25, -0.2) is 0 Å². The summed E-state index contributed by atoms with van der Waals surface area (Å²) in [4.78, 5) is 31.4. The molecular formula is C26H22ClN5O2S. The Morgan fingerprint density at radius 2 is 1.80 bits per heavy atom. The van der Waals surface area contributed by atoms with Gasteiger partial charge in [-0.2, -0.15) is 0 Å². The molecular weight excluding hydrogens is 482 g/mol. The van der Waals surface area contributed by atoms with Gasteiger partial charge in [0.25, 0.3) is 0 Å². The predicted molar refractivity (Wildman–Crippen MR) is 139 cm³/mol. The summed E-state index contributed by atoms with van der Waals surface area (Å²) in [5, 5.41) is 11.1. The molecule has 3 aromatic heterocycles. The van der Waals surface area contributed by atoms with Crippen molar-refractivity contribution in [2.75, 3.05) is 5.75 Å². The number of para-hydroxylation sites is 1. The molecule has 0 saturated carbocycles. The van der Waals surface area contributed by atoms with Crippen LogP contribution in [0.5, 0.6) is 0 Å². The number of nitrogens with zero attached hydrogens (tertiary/aromatic N) is 3. The molecule has 0 amide bonds. The van der Waals surface area contributed by atoms with Crippen LogP contribution < -0.4 is 0 Å². The molecule has 0 aliphatic carbocycles. The Kier molecular flexibility index (Phi) is 6.08. The number of aromatic nitrogens is 5. The summed E-state index contributed by atoms with van der Waals surface area (Å²) in [6.07, 6.45) is 1.91. The second-order valence-electron chi connectivity index (χ2n) is 8.26. The van der Waals surface area contributed by atoms with Gasteiger partial charge in [-0.15, -0.1) is 10.2 Å². The molecule has 0 aliphatic heterocycles. The Bertz CT molecular complexity index is 1580. The molecule has 176 valence electrons. The van der Waals surface area contributed by atoms with E-state index in [4.69, 9.17) is 11.6 Å². The van der Waals surface area contributed by atoms with Crippen molar-refractivity contribution >= 4 is 45.8 Å². The lowest BCUT2D eigenvalue weighted by Crippen LogP contribution is -2.07. The zero-order chi connectivity index (χ0) is 24.7. The minimum Gasteiger partial charge on any atom is -0.360 e. The average Bonchev–Trinajstić information content (AvgIpc) is 3.52. The summed E-state index contributed by atoms with van der Waals surface area (Å²) < 4.78 is 1.93. The lowest BCUT2D eigenvalue weighted by molar-refractivity contribution is 0.101. The number of ketones is 2. The van der Waals surface area contributed by atoms with Crippen molar-refractivity contribution in [2.45, 2.75) is 25.9 Å². The molecule has 2 N–H and O–H groups in total. The van der Waals surface area contributed by atoms with Gasteiger partial charge in [0.1, 0.15) is 0 Å². The molecule has 5 aromatic rings. The van der Waals surface area contributed by atoms with E-state index >= 15 is 0 Å². The Morgan fingerprint density at radius 1 is 1.06 bits per heavy atom. The quantitative estimate of drug-likeness (QED) is 0.204. The molecule has 7 nitrogen and oxygen atoms in total. The van der Waals surface area contributed by atoms with E-state index in [1.807, 2.05) is 59.3 Å². The molecule has 9 heteroatoms. The molecule has 0 saturated heterocycles. The van der Waals surface area contributed by atoms with Gasteiger partial charge >= 0.3 is 0 Å². The summed E-state index contributed by atoms with van der Waals surface area (Å²) in [7, 11) is 0. The fourth-order valence-corrected chi connectivity index (χ4v) is 5.33. The van der Waals surface area contributed by atoms with Gasteiger partial charge < -0.3 is 9.97 Å². The zero-order valence-electron chi connectivity index (χ0n) is 19.3. The number of nitrogens with one attached hydrogen (secondary N) is 2. The smallest absolute Gasteiger partial charge is 0.196 e. The van der Waals surface area contributed by atoms with Gasteiger partial charge in [-0.3, -0.25) is 14.2 Å². The Balaban J connectivity index is 1.52. The highest BCUT2D eigenvalue weighted by Crippen LogP contribution is 2.33. The number of H-pyrrole nitrogens is 2. The first-order valence-electron chi connectivity index (χ1n) is 11.0. The largest absolute Gasteiger partial charge is 0.360 e. The third-order valence-corrected chi connectivity index (χ3v) is 7.13. The molecule has 35 heavy (non-hydrogen) atoms. The lowest BCUT2D eigenvalue weighted by Gasteiger charge is -2.10. The number of hydrogen-bond acceptors (Lipinski definition) is 5. The fourth-order valence-electron chi connectivity index (χ4n) is 4.38. The molecule has 0 radical (unpaired) electrons. The number of benzene rings is 2. The third kappa shape index (κ3) is 4.19. The summed E-state index contributed by atoms with van der Waals surface area (Å²) in [6.45, 7) is 5.11. The second kappa shape index (κ2) is 9.20. The predicted octanol–water partition coefficient (Wildman–Crippen LogP) is 6.19. The summed E-state index contributed by atoms with van der Waals surface area (Å²) in [5.74, 6) is 0.624. The summed E-state index contributed by atoms with van der Waals surface area (Å²) in [5.41, 5.74) is 5.15. The maximum Gasteiger partial charge on any atom is 0.196 e. The lowest BCUT2D eigenvalue weighted by atomic mass is 10.1. The number of halogens is 1. The van der Waals surface area contributed by atoms with Gasteiger partial charge in [0.05, 0.1) is 11.4 Å². The van der Waals surface area contributed by atoms with E-state index in [1.54, 1.807) is 13.8 Å². The summed E-state index contributed by atoms with van der Waals surface area (Å²) in [6, 6.07) is 15.4. The molecule has 0 spiro atoms. The van der Waals surface area contributed by atoms with Crippen molar-refractivity contribution in [3.8, 4) is 17.1 Å². The van der Waals surface area contributed by atoms with Crippen molar-refractivity contribution in [2.24, 2.45) is 0 Å². The Labute approximate surface area is 210 Å². The molecule has 0 unspecified atom stereocenters. The van der Waals surface area contributed by atoms with Crippen molar-refractivity contribution in [1.29, 1.82) is 0 Å². The number of aryl methyl sites for hydroxylation is 1. The van der Waals surface area contributed by atoms with Crippen LogP contribution in [0, 0.1) is 13.8 Å². The minimum atomic E-state index is -0.109. The molecule has 0 aliphatic rings. The maximum absolute atomic E-state index is 13.1. The van der Waals surface area contributed by atoms with E-state index < -0.39 is 0 Å². The van der Waals surface area contributed by atoms with Crippen molar-refractivity contribution in [1.82, 2.24) is 24.7 Å². The van der Waals surface area contributed by atoms with Crippen LogP contribution in [-0.2, 0) is 0 Å². The van der Waals surface area contributed by atoms with E-state index in [2.05, 4.69) is 20.2 Å². The Hall–Kier alpha value is -3.62. The Morgan fingerprint density at radius 3 is 2.51 bits per heavy atom. The normalized spacial score (nSPS) is 11.3. The van der Waals surface area contributed by atoms with Crippen LogP contribution in [0.2, 0.25) is 5.02 Å². The number of aromatic amines is 2. The fraction of sp³-hybridized carbons (Fsp3) is 0.154. The highest BCUT2D eigenvalue weighted by atomic mass is 35.5. The number of hydrogen-bond donors (Lipinski definition) is 2. The first-order valence-corrected chi connectivity index (χ1v) is 12.4. The third-order valence-electron chi connectivity index (χ3n) is 5.95. The number of rotatable bonds is 7. The van der Waals surface area contributed by atoms with E-state index in [9.17, 15) is 9.59 Å². The van der Waals surface area contributed by atoms with Crippen molar-refractivity contribution in [3.63, 3.8) is 0 Å². The molecule has 3 heterocycles. The van der Waals surface area contributed by atoms with Gasteiger partial charge in [0, 0.05) is 44.6 Å². The number of carbonyl (C=O) groups excluding carboxylic acids is 2. The molecule has 5 rings (SSSR count). The van der Waals surface area contributed by atoms with Crippen LogP contribution >= 0.6 is 23.4 Å². The van der Waals surface area contributed by atoms with Gasteiger partial charge in [-0.1, -0.05) is 41.6 Å². The first kappa shape index (κ1) is 23.1. The number of Topliss-reactive ketones (excluding diaryl/α,β-unsaturated/α-hetero) is 2. The highest BCUT2D eigenvalue weighted by Gasteiger charge is 2.23. The van der Waals surface area contributed by atoms with Crippen LogP contribution in [0.1, 0.15) is 39.0 Å². The van der Waals surface area contributed by atoms with Crippen LogP contribution in [-0.4, -0.2) is 42.1 Å². The topological polar surface area (TPSA) is 96.4 Å². The van der Waals surface area contributed by atoms with Gasteiger partial charge in [0.15, 0.2) is 22.5 Å². The zero-order valence-corrected chi connectivity index (χ0v) is 20.9.